The first kappa shape index (κ1) is 19.6. The van der Waals surface area contributed by atoms with E-state index < -0.39 is 0 Å². The van der Waals surface area contributed by atoms with Crippen LogP contribution in [0.3, 0.4) is 0 Å². The van der Waals surface area contributed by atoms with Crippen molar-refractivity contribution >= 4 is 44.6 Å². The van der Waals surface area contributed by atoms with Crippen molar-refractivity contribution in [3.63, 3.8) is 0 Å². The summed E-state index contributed by atoms with van der Waals surface area (Å²) in [4.78, 5) is 20.6. The molecule has 3 nitrogen and oxygen atoms in total. The van der Waals surface area contributed by atoms with E-state index in [9.17, 15) is 4.79 Å². The Morgan fingerprint density at radius 1 is 1.03 bits per heavy atom. The summed E-state index contributed by atoms with van der Waals surface area (Å²) in [5.74, 6) is -0.105. The van der Waals surface area contributed by atoms with Crippen LogP contribution in [0.5, 0.6) is 0 Å². The molecule has 0 spiro atoms. The second-order valence-corrected chi connectivity index (χ2v) is 8.62. The number of aromatic nitrogens is 1. The van der Waals surface area contributed by atoms with Crippen LogP contribution in [-0.2, 0) is 6.54 Å². The van der Waals surface area contributed by atoms with Gasteiger partial charge in [-0.2, -0.15) is 0 Å². The highest BCUT2D eigenvalue weighted by Gasteiger charge is 2.25. The van der Waals surface area contributed by atoms with E-state index in [2.05, 4.69) is 11.1 Å². The van der Waals surface area contributed by atoms with Crippen LogP contribution in [0.1, 0.15) is 32.2 Å². The highest BCUT2D eigenvalue weighted by molar-refractivity contribution is 7.21. The maximum atomic E-state index is 13.7. The standard InChI is InChI=1S/C24H21ClN2OS/c1-15-11-12-20(16(2)13-15)27(14-18-8-6-7-17(3)26-18)24(28)23-22(25)19-9-4-5-10-21(19)29-23/h4-13H,14H2,1-3H3. The summed E-state index contributed by atoms with van der Waals surface area (Å²) in [5, 5.41) is 1.43. The van der Waals surface area contributed by atoms with E-state index in [4.69, 9.17) is 11.6 Å². The van der Waals surface area contributed by atoms with Crippen molar-refractivity contribution in [2.75, 3.05) is 4.90 Å². The van der Waals surface area contributed by atoms with E-state index in [1.807, 2.05) is 75.4 Å². The molecular weight excluding hydrogens is 400 g/mol. The molecule has 0 aliphatic carbocycles. The van der Waals surface area contributed by atoms with Gasteiger partial charge in [-0.3, -0.25) is 9.78 Å². The summed E-state index contributed by atoms with van der Waals surface area (Å²) >= 11 is 8.06. The smallest absolute Gasteiger partial charge is 0.270 e. The normalized spacial score (nSPS) is 11.0. The minimum Gasteiger partial charge on any atom is -0.301 e. The predicted octanol–water partition coefficient (Wildman–Crippen LogP) is 6.72. The first-order valence-corrected chi connectivity index (χ1v) is 10.6. The van der Waals surface area contributed by atoms with E-state index >= 15 is 0 Å². The maximum Gasteiger partial charge on any atom is 0.270 e. The summed E-state index contributed by atoms with van der Waals surface area (Å²) in [7, 11) is 0. The molecule has 146 valence electrons. The van der Waals surface area contributed by atoms with Crippen LogP contribution >= 0.6 is 22.9 Å². The van der Waals surface area contributed by atoms with Gasteiger partial charge in [-0.05, 0) is 50.6 Å². The average molecular weight is 421 g/mol. The maximum absolute atomic E-state index is 13.7. The third-order valence-electron chi connectivity index (χ3n) is 4.88. The Bertz CT molecular complexity index is 1210. The molecule has 1 amide bonds. The summed E-state index contributed by atoms with van der Waals surface area (Å²) in [5.41, 5.74) is 4.85. The van der Waals surface area contributed by atoms with Crippen molar-refractivity contribution in [1.82, 2.24) is 4.98 Å². The third kappa shape index (κ3) is 3.91. The number of hydrogen-bond donors (Lipinski definition) is 0. The number of fused-ring (bicyclic) bond motifs is 1. The van der Waals surface area contributed by atoms with Gasteiger partial charge in [-0.1, -0.05) is 53.6 Å². The molecule has 0 fully saturated rings. The molecule has 0 saturated carbocycles. The molecule has 2 heterocycles. The van der Waals surface area contributed by atoms with Gasteiger partial charge >= 0.3 is 0 Å². The van der Waals surface area contributed by atoms with Crippen LogP contribution in [0.4, 0.5) is 5.69 Å². The lowest BCUT2D eigenvalue weighted by molar-refractivity contribution is 0.0988. The van der Waals surface area contributed by atoms with Crippen LogP contribution in [0.15, 0.2) is 60.7 Å². The fourth-order valence-electron chi connectivity index (χ4n) is 3.50. The van der Waals surface area contributed by atoms with Gasteiger partial charge in [0.15, 0.2) is 0 Å². The number of carbonyl (C=O) groups excluding carboxylic acids is 1. The summed E-state index contributed by atoms with van der Waals surface area (Å²) in [6, 6.07) is 19.8. The number of thiophene rings is 1. The van der Waals surface area contributed by atoms with E-state index in [1.165, 1.54) is 11.3 Å². The SMILES string of the molecule is Cc1ccc(N(Cc2cccc(C)n2)C(=O)c2sc3ccccc3c2Cl)c(C)c1. The molecule has 0 bridgehead atoms. The molecule has 29 heavy (non-hydrogen) atoms. The topological polar surface area (TPSA) is 33.2 Å². The molecule has 0 aliphatic rings. The third-order valence-corrected chi connectivity index (χ3v) is 6.55. The fourth-order valence-corrected chi connectivity index (χ4v) is 4.96. The molecule has 0 N–H and O–H groups in total. The number of anilines is 1. The molecule has 4 rings (SSSR count). The van der Waals surface area contributed by atoms with Crippen LogP contribution in [-0.4, -0.2) is 10.9 Å². The summed E-state index contributed by atoms with van der Waals surface area (Å²) < 4.78 is 1.01. The Balaban J connectivity index is 1.82. The van der Waals surface area contributed by atoms with Crippen LogP contribution in [0, 0.1) is 20.8 Å². The summed E-state index contributed by atoms with van der Waals surface area (Å²) in [6.07, 6.45) is 0. The minimum absolute atomic E-state index is 0.105. The number of halogens is 1. The molecule has 0 atom stereocenters. The van der Waals surface area contributed by atoms with Crippen LogP contribution in [0.2, 0.25) is 5.02 Å². The lowest BCUT2D eigenvalue weighted by atomic mass is 10.1. The highest BCUT2D eigenvalue weighted by Crippen LogP contribution is 2.37. The monoisotopic (exact) mass is 420 g/mol. The number of amides is 1. The predicted molar refractivity (Wildman–Crippen MR) is 122 cm³/mol. The molecule has 0 aliphatic heterocycles. The van der Waals surface area contributed by atoms with Crippen molar-refractivity contribution in [2.24, 2.45) is 0 Å². The molecule has 2 aromatic heterocycles. The van der Waals surface area contributed by atoms with Gasteiger partial charge in [0.05, 0.1) is 17.3 Å². The average Bonchev–Trinajstić information content (AvgIpc) is 3.03. The first-order chi connectivity index (χ1) is 13.9. The molecule has 5 heteroatoms. The van der Waals surface area contributed by atoms with Crippen molar-refractivity contribution in [3.05, 3.63) is 93.1 Å². The van der Waals surface area contributed by atoms with Gasteiger partial charge < -0.3 is 4.90 Å². The zero-order valence-electron chi connectivity index (χ0n) is 16.6. The molecule has 0 radical (unpaired) electrons. The molecule has 0 unspecified atom stereocenters. The lowest BCUT2D eigenvalue weighted by Gasteiger charge is -2.24. The molecular formula is C24H21ClN2OS. The minimum atomic E-state index is -0.105. The van der Waals surface area contributed by atoms with Crippen molar-refractivity contribution < 1.29 is 4.79 Å². The van der Waals surface area contributed by atoms with E-state index in [1.54, 1.807) is 4.90 Å². The Morgan fingerprint density at radius 2 is 1.83 bits per heavy atom. The number of aryl methyl sites for hydroxylation is 3. The van der Waals surface area contributed by atoms with Crippen LogP contribution < -0.4 is 4.90 Å². The number of benzene rings is 2. The number of carbonyl (C=O) groups is 1. The number of rotatable bonds is 4. The number of hydrogen-bond acceptors (Lipinski definition) is 3. The Morgan fingerprint density at radius 3 is 2.55 bits per heavy atom. The Labute approximate surface area is 179 Å². The molecule has 4 aromatic rings. The number of nitrogens with zero attached hydrogens (tertiary/aromatic N) is 2. The van der Waals surface area contributed by atoms with Crippen LogP contribution in [0.25, 0.3) is 10.1 Å². The summed E-state index contributed by atoms with van der Waals surface area (Å²) in [6.45, 7) is 6.41. The fraction of sp³-hybridized carbons (Fsp3) is 0.167. The van der Waals surface area contributed by atoms with Gasteiger partial charge in [0.25, 0.3) is 5.91 Å². The second kappa shape index (κ2) is 7.97. The second-order valence-electron chi connectivity index (χ2n) is 7.19. The van der Waals surface area contributed by atoms with E-state index in [0.29, 0.717) is 16.4 Å². The lowest BCUT2D eigenvalue weighted by Crippen LogP contribution is -2.31. The van der Waals surface area contributed by atoms with Crippen molar-refractivity contribution in [1.29, 1.82) is 0 Å². The Hall–Kier alpha value is -2.69. The first-order valence-electron chi connectivity index (χ1n) is 9.42. The number of pyridine rings is 1. The van der Waals surface area contributed by atoms with Gasteiger partial charge in [0.1, 0.15) is 4.88 Å². The highest BCUT2D eigenvalue weighted by atomic mass is 35.5. The van der Waals surface area contributed by atoms with E-state index in [0.717, 1.165) is 38.3 Å². The quantitative estimate of drug-likeness (QED) is 0.367. The largest absolute Gasteiger partial charge is 0.301 e. The molecule has 0 saturated heterocycles. The van der Waals surface area contributed by atoms with Gasteiger partial charge in [-0.25, -0.2) is 0 Å². The zero-order chi connectivity index (χ0) is 20.5. The van der Waals surface area contributed by atoms with E-state index in [-0.39, 0.29) is 5.91 Å². The van der Waals surface area contributed by atoms with Gasteiger partial charge in [-0.15, -0.1) is 11.3 Å². The van der Waals surface area contributed by atoms with Crippen molar-refractivity contribution in [3.8, 4) is 0 Å². The van der Waals surface area contributed by atoms with Crippen molar-refractivity contribution in [2.45, 2.75) is 27.3 Å². The Kier molecular flexibility index (Phi) is 5.39. The zero-order valence-corrected chi connectivity index (χ0v) is 18.1. The molecule has 2 aromatic carbocycles. The van der Waals surface area contributed by atoms with Gasteiger partial charge in [0.2, 0.25) is 0 Å². The van der Waals surface area contributed by atoms with Gasteiger partial charge in [0, 0.05) is 21.5 Å².